The van der Waals surface area contributed by atoms with Crippen LogP contribution in [0.5, 0.6) is 0 Å². The van der Waals surface area contributed by atoms with E-state index in [1.165, 1.54) is 0 Å². The van der Waals surface area contributed by atoms with Gasteiger partial charge in [-0.2, -0.15) is 11.6 Å². The third-order valence-electron chi connectivity index (χ3n) is 0. The van der Waals surface area contributed by atoms with Crippen molar-refractivity contribution in [2.45, 2.75) is 0 Å². The van der Waals surface area contributed by atoms with Gasteiger partial charge < -0.3 is 19.9 Å². The molecule has 52 valence electrons. The Morgan fingerprint density at radius 3 is 1.62 bits per heavy atom. The maximum atomic E-state index is 8.56. The average Bonchev–Trinajstić information content (AvgIpc) is 1.33. The Morgan fingerprint density at radius 2 is 1.62 bits per heavy atom. The SMILES string of the molecule is O=[S-](=O)O.[CH2-]CCl.[Fe+2]. The van der Waals surface area contributed by atoms with E-state index < -0.39 is 11.0 Å². The first kappa shape index (κ1) is 15.9. The van der Waals surface area contributed by atoms with Crippen LogP contribution in [0.25, 0.3) is 0 Å². The van der Waals surface area contributed by atoms with Crippen molar-refractivity contribution in [1.82, 2.24) is 0 Å². The van der Waals surface area contributed by atoms with Crippen LogP contribution < -0.4 is 0 Å². The Bertz CT molecular complexity index is 75.4. The second kappa shape index (κ2) is 15.6. The van der Waals surface area contributed by atoms with E-state index in [1.54, 1.807) is 0 Å². The van der Waals surface area contributed by atoms with Crippen LogP contribution in [0.1, 0.15) is 0 Å². The van der Waals surface area contributed by atoms with Gasteiger partial charge in [-0.25, -0.2) is 0 Å². The van der Waals surface area contributed by atoms with E-state index in [4.69, 9.17) is 24.6 Å². The van der Waals surface area contributed by atoms with Crippen LogP contribution in [0.4, 0.5) is 0 Å². The Kier molecular flexibility index (Phi) is 31.1. The van der Waals surface area contributed by atoms with Gasteiger partial charge in [-0.05, 0) is 0 Å². The summed E-state index contributed by atoms with van der Waals surface area (Å²) in [6, 6.07) is 0. The van der Waals surface area contributed by atoms with Crippen LogP contribution in [-0.2, 0) is 36.5 Å². The van der Waals surface area contributed by atoms with Crippen molar-refractivity contribution in [3.63, 3.8) is 0 Å². The van der Waals surface area contributed by atoms with Crippen LogP contribution in [-0.4, -0.2) is 10.4 Å². The van der Waals surface area contributed by atoms with Gasteiger partial charge in [0.2, 0.25) is 0 Å². The van der Waals surface area contributed by atoms with Gasteiger partial charge in [-0.1, -0.05) is 0 Å². The smallest absolute Gasteiger partial charge is 0.439 e. The minimum Gasteiger partial charge on any atom is -0.439 e. The van der Waals surface area contributed by atoms with Gasteiger partial charge in [0.25, 0.3) is 0 Å². The third-order valence-corrected chi connectivity index (χ3v) is 0. The van der Waals surface area contributed by atoms with Gasteiger partial charge >= 0.3 is 17.1 Å². The zero-order chi connectivity index (χ0) is 6.28. The zero-order valence-electron chi connectivity index (χ0n) is 3.82. The van der Waals surface area contributed by atoms with E-state index >= 15 is 0 Å². The molecule has 0 atom stereocenters. The minimum atomic E-state index is -2.86. The van der Waals surface area contributed by atoms with Crippen LogP contribution in [0.2, 0.25) is 0 Å². The summed E-state index contributed by atoms with van der Waals surface area (Å²) in [6.07, 6.45) is 0. The third kappa shape index (κ3) is 425. The number of alkyl halides is 1. The van der Waals surface area contributed by atoms with Gasteiger partial charge in [0, 0.05) is 11.0 Å². The molecular weight excluding hydrogens is 195 g/mol. The maximum absolute atomic E-state index is 8.56. The van der Waals surface area contributed by atoms with E-state index in [0.717, 1.165) is 0 Å². The second-order valence-electron chi connectivity index (χ2n) is 0.406. The molecule has 0 rings (SSSR count). The molecule has 0 aromatic rings. The predicted octanol–water partition coefficient (Wildman–Crippen LogP) is 0.825. The number of hydrogen-bond acceptors (Lipinski definition) is 3. The Labute approximate surface area is 65.7 Å². The van der Waals surface area contributed by atoms with Gasteiger partial charge in [0.1, 0.15) is 0 Å². The molecule has 0 aliphatic rings. The minimum absolute atomic E-state index is 0. The molecule has 0 unspecified atom stereocenters. The van der Waals surface area contributed by atoms with Gasteiger partial charge in [0.05, 0.1) is 0 Å². The molecule has 0 radical (unpaired) electrons. The molecule has 0 aromatic heterocycles. The van der Waals surface area contributed by atoms with E-state index in [1.807, 2.05) is 0 Å². The number of rotatable bonds is 0. The summed E-state index contributed by atoms with van der Waals surface area (Å²) in [4.78, 5) is 0. The number of halogens is 1. The first-order valence-electron chi connectivity index (χ1n) is 1.28. The predicted molar refractivity (Wildman–Crippen MR) is 27.4 cm³/mol. The molecule has 0 aliphatic carbocycles. The quantitative estimate of drug-likeness (QED) is 0.157. The summed E-state index contributed by atoms with van der Waals surface area (Å²) in [5, 5.41) is 0. The largest absolute Gasteiger partial charge is 2.00 e. The summed E-state index contributed by atoms with van der Waals surface area (Å²) in [6.45, 7) is 3.25. The first-order valence-corrected chi connectivity index (χ1v) is 2.85. The molecule has 1 N–H and O–H groups in total. The van der Waals surface area contributed by atoms with Crippen molar-refractivity contribution in [2.24, 2.45) is 0 Å². The van der Waals surface area contributed by atoms with Gasteiger partial charge in [-0.15, -0.1) is 5.88 Å². The van der Waals surface area contributed by atoms with Crippen LogP contribution in [0, 0.1) is 6.92 Å². The molecule has 3 nitrogen and oxygen atoms in total. The summed E-state index contributed by atoms with van der Waals surface area (Å²) < 4.78 is 24.1. The van der Waals surface area contributed by atoms with Crippen molar-refractivity contribution < 1.29 is 30.0 Å². The molecule has 0 bridgehead atoms. The molecule has 6 heteroatoms. The molecule has 0 heterocycles. The number of hydrogen-bond donors (Lipinski definition) is 1. The van der Waals surface area contributed by atoms with Crippen LogP contribution >= 0.6 is 11.6 Å². The molecule has 0 aromatic carbocycles. The van der Waals surface area contributed by atoms with Crippen LogP contribution in [0.15, 0.2) is 0 Å². The van der Waals surface area contributed by atoms with Crippen molar-refractivity contribution in [3.8, 4) is 0 Å². The molecule has 8 heavy (non-hydrogen) atoms. The van der Waals surface area contributed by atoms with Crippen LogP contribution in [0.3, 0.4) is 0 Å². The Morgan fingerprint density at radius 1 is 1.62 bits per heavy atom. The first-order chi connectivity index (χ1) is 3.15. The normalized spacial score (nSPS) is 6.50. The topological polar surface area (TPSA) is 54.4 Å². The van der Waals surface area contributed by atoms with E-state index in [2.05, 4.69) is 6.92 Å². The molecule has 0 aliphatic heterocycles. The van der Waals surface area contributed by atoms with E-state index in [9.17, 15) is 0 Å². The Balaban J connectivity index is -0.0000000575. The summed E-state index contributed by atoms with van der Waals surface area (Å²) >= 11 is 4.89. The van der Waals surface area contributed by atoms with Crippen molar-refractivity contribution in [3.05, 3.63) is 6.92 Å². The summed E-state index contributed by atoms with van der Waals surface area (Å²) in [7, 11) is -2.86. The van der Waals surface area contributed by atoms with Gasteiger partial charge in [-0.3, -0.25) is 0 Å². The van der Waals surface area contributed by atoms with E-state index in [0.29, 0.717) is 5.88 Å². The average molecular weight is 200 g/mol. The van der Waals surface area contributed by atoms with Crippen molar-refractivity contribution >= 4 is 22.6 Å². The molecule has 0 saturated carbocycles. The fourth-order valence-electron chi connectivity index (χ4n) is 0. The summed E-state index contributed by atoms with van der Waals surface area (Å²) in [5.74, 6) is 0.472. The molecule has 0 saturated heterocycles. The standard InChI is InChI=1S/C2H4Cl.Fe.HO3S/c1-2-3;;1-4(2)3/h1-2H2;;(H,1,2,3)/q-1;+2;-1. The van der Waals surface area contributed by atoms with E-state index in [-0.39, 0.29) is 17.1 Å². The monoisotopic (exact) mass is 200 g/mol. The molecular formula is C2H5ClFeO3S. The van der Waals surface area contributed by atoms with Gasteiger partial charge in [0.15, 0.2) is 0 Å². The fourth-order valence-corrected chi connectivity index (χ4v) is 0. The molecule has 0 fully saturated rings. The van der Waals surface area contributed by atoms with Crippen molar-refractivity contribution in [1.29, 1.82) is 0 Å². The molecule has 0 spiro atoms. The Hall–Kier alpha value is 0.719. The van der Waals surface area contributed by atoms with Crippen molar-refractivity contribution in [2.75, 3.05) is 5.88 Å². The summed E-state index contributed by atoms with van der Waals surface area (Å²) in [5.41, 5.74) is 0. The maximum Gasteiger partial charge on any atom is 2.00 e. The second-order valence-corrected chi connectivity index (χ2v) is 1.22. The fraction of sp³-hybridized carbons (Fsp3) is 0.500. The molecule has 0 amide bonds. The zero-order valence-corrected chi connectivity index (χ0v) is 6.49.